The van der Waals surface area contributed by atoms with E-state index in [1.54, 1.807) is 24.3 Å². The molecule has 0 aliphatic rings. The number of aromatic nitrogens is 3. The van der Waals surface area contributed by atoms with Gasteiger partial charge in [-0.1, -0.05) is 18.2 Å². The number of hydrogen-bond acceptors (Lipinski definition) is 5. The summed E-state index contributed by atoms with van der Waals surface area (Å²) in [5, 5.41) is 6.68. The molecule has 0 amide bonds. The van der Waals surface area contributed by atoms with Crippen LogP contribution in [0.3, 0.4) is 0 Å². The standard InChI is InChI=1S/C17H10F3N3O3/c18-11-7-9(15-21-22-16(26-15)14(19)20)5-6-10(11)8-23-12-3-1-2-4-13(12)25-17(23)24/h1-7,14H,8H2. The number of alkyl halides is 2. The highest BCUT2D eigenvalue weighted by atomic mass is 19.3. The van der Waals surface area contributed by atoms with Gasteiger partial charge in [-0.2, -0.15) is 8.78 Å². The number of halogens is 3. The van der Waals surface area contributed by atoms with Gasteiger partial charge in [0.05, 0.1) is 12.1 Å². The molecule has 26 heavy (non-hydrogen) atoms. The normalized spacial score (nSPS) is 11.5. The van der Waals surface area contributed by atoms with Gasteiger partial charge in [0.1, 0.15) is 5.82 Å². The minimum Gasteiger partial charge on any atom is -0.415 e. The third kappa shape index (κ3) is 2.77. The Kier molecular flexibility index (Phi) is 3.83. The molecule has 0 atom stereocenters. The summed E-state index contributed by atoms with van der Waals surface area (Å²) in [6.07, 6.45) is -2.90. The molecule has 0 unspecified atom stereocenters. The molecule has 0 saturated carbocycles. The predicted octanol–water partition coefficient (Wildman–Crippen LogP) is 3.77. The van der Waals surface area contributed by atoms with Crippen LogP contribution in [0.4, 0.5) is 13.2 Å². The van der Waals surface area contributed by atoms with E-state index in [1.807, 2.05) is 0 Å². The first-order valence-corrected chi connectivity index (χ1v) is 7.51. The second kappa shape index (κ2) is 6.17. The lowest BCUT2D eigenvalue weighted by Crippen LogP contribution is -2.15. The summed E-state index contributed by atoms with van der Waals surface area (Å²) < 4.78 is 50.7. The van der Waals surface area contributed by atoms with Gasteiger partial charge in [-0.05, 0) is 24.3 Å². The minimum atomic E-state index is -2.90. The maximum Gasteiger partial charge on any atom is 0.420 e. The topological polar surface area (TPSA) is 74.1 Å². The van der Waals surface area contributed by atoms with Crippen LogP contribution in [0, 0.1) is 5.82 Å². The second-order valence-corrected chi connectivity index (χ2v) is 5.47. The zero-order valence-corrected chi connectivity index (χ0v) is 13.0. The molecule has 2 aromatic carbocycles. The molecule has 132 valence electrons. The lowest BCUT2D eigenvalue weighted by molar-refractivity contribution is 0.116. The molecule has 0 bridgehead atoms. The SMILES string of the molecule is O=c1oc2ccccc2n1Cc1ccc(-c2nnc(C(F)F)o2)cc1F. The van der Waals surface area contributed by atoms with Gasteiger partial charge in [0, 0.05) is 11.1 Å². The average Bonchev–Trinajstić information content (AvgIpc) is 3.22. The highest BCUT2D eigenvalue weighted by Crippen LogP contribution is 2.25. The molecule has 0 saturated heterocycles. The lowest BCUT2D eigenvalue weighted by Gasteiger charge is -2.05. The van der Waals surface area contributed by atoms with Crippen LogP contribution in [-0.2, 0) is 6.54 Å². The smallest absolute Gasteiger partial charge is 0.415 e. The molecule has 0 aliphatic carbocycles. The number of nitrogens with zero attached hydrogens (tertiary/aromatic N) is 3. The Morgan fingerprint density at radius 3 is 2.62 bits per heavy atom. The largest absolute Gasteiger partial charge is 0.420 e. The van der Waals surface area contributed by atoms with E-state index in [9.17, 15) is 18.0 Å². The molecule has 0 radical (unpaired) electrons. The fraction of sp³-hybridized carbons (Fsp3) is 0.118. The average molecular weight is 361 g/mol. The number of rotatable bonds is 4. The van der Waals surface area contributed by atoms with Crippen molar-refractivity contribution in [2.24, 2.45) is 0 Å². The third-order valence-electron chi connectivity index (χ3n) is 3.83. The maximum atomic E-state index is 14.4. The zero-order valence-electron chi connectivity index (χ0n) is 13.0. The van der Waals surface area contributed by atoms with Gasteiger partial charge < -0.3 is 8.83 Å². The summed E-state index contributed by atoms with van der Waals surface area (Å²) >= 11 is 0. The van der Waals surface area contributed by atoms with E-state index in [0.29, 0.717) is 11.1 Å². The van der Waals surface area contributed by atoms with E-state index in [-0.39, 0.29) is 23.6 Å². The van der Waals surface area contributed by atoms with Crippen LogP contribution in [0.15, 0.2) is 56.1 Å². The molecular formula is C17H10F3N3O3. The summed E-state index contributed by atoms with van der Waals surface area (Å²) in [7, 11) is 0. The monoisotopic (exact) mass is 361 g/mol. The van der Waals surface area contributed by atoms with E-state index in [4.69, 9.17) is 8.83 Å². The van der Waals surface area contributed by atoms with Gasteiger partial charge in [0.25, 0.3) is 5.89 Å². The number of benzene rings is 2. The predicted molar refractivity (Wildman–Crippen MR) is 84.2 cm³/mol. The molecule has 2 heterocycles. The second-order valence-electron chi connectivity index (χ2n) is 5.47. The Hall–Kier alpha value is -3.36. The first-order valence-electron chi connectivity index (χ1n) is 7.51. The summed E-state index contributed by atoms with van der Waals surface area (Å²) in [6.45, 7) is -0.0475. The van der Waals surface area contributed by atoms with Crippen molar-refractivity contribution in [3.8, 4) is 11.5 Å². The number of oxazole rings is 1. The van der Waals surface area contributed by atoms with Gasteiger partial charge in [-0.15, -0.1) is 10.2 Å². The first-order chi connectivity index (χ1) is 12.5. The van der Waals surface area contributed by atoms with Crippen molar-refractivity contribution >= 4 is 11.1 Å². The summed E-state index contributed by atoms with van der Waals surface area (Å²) in [4.78, 5) is 12.0. The number of para-hydroxylation sites is 2. The molecule has 0 aliphatic heterocycles. The minimum absolute atomic E-state index is 0.0475. The summed E-state index contributed by atoms with van der Waals surface area (Å²) in [5.41, 5.74) is 1.32. The van der Waals surface area contributed by atoms with Crippen molar-refractivity contribution in [1.29, 1.82) is 0 Å². The highest BCUT2D eigenvalue weighted by Gasteiger charge is 2.18. The van der Waals surface area contributed by atoms with E-state index in [2.05, 4.69) is 10.2 Å². The van der Waals surface area contributed by atoms with Gasteiger partial charge in [0.2, 0.25) is 5.89 Å². The zero-order chi connectivity index (χ0) is 18.3. The summed E-state index contributed by atoms with van der Waals surface area (Å²) in [5.74, 6) is -2.29. The molecule has 9 heteroatoms. The van der Waals surface area contributed by atoms with Crippen molar-refractivity contribution in [3.05, 3.63) is 70.3 Å². The van der Waals surface area contributed by atoms with Crippen LogP contribution in [0.25, 0.3) is 22.6 Å². The molecule has 4 aromatic rings. The van der Waals surface area contributed by atoms with Gasteiger partial charge in [0.15, 0.2) is 5.58 Å². The van der Waals surface area contributed by atoms with Crippen LogP contribution >= 0.6 is 0 Å². The Balaban J connectivity index is 1.67. The summed E-state index contributed by atoms with van der Waals surface area (Å²) in [6, 6.07) is 10.8. The Labute approximate surface area is 143 Å². The molecule has 0 N–H and O–H groups in total. The fourth-order valence-corrected chi connectivity index (χ4v) is 2.58. The van der Waals surface area contributed by atoms with Crippen molar-refractivity contribution in [3.63, 3.8) is 0 Å². The Morgan fingerprint density at radius 1 is 1.08 bits per heavy atom. The molecule has 6 nitrogen and oxygen atoms in total. The van der Waals surface area contributed by atoms with Crippen LogP contribution < -0.4 is 5.76 Å². The Bertz CT molecular complexity index is 1150. The maximum absolute atomic E-state index is 14.4. The van der Waals surface area contributed by atoms with Crippen LogP contribution in [-0.4, -0.2) is 14.8 Å². The number of hydrogen-bond donors (Lipinski definition) is 0. The molecule has 0 fully saturated rings. The fourth-order valence-electron chi connectivity index (χ4n) is 2.58. The first kappa shape index (κ1) is 16.1. The lowest BCUT2D eigenvalue weighted by atomic mass is 10.1. The van der Waals surface area contributed by atoms with Crippen molar-refractivity contribution in [2.75, 3.05) is 0 Å². The highest BCUT2D eigenvalue weighted by molar-refractivity contribution is 5.72. The van der Waals surface area contributed by atoms with E-state index in [1.165, 1.54) is 16.7 Å². The quantitative estimate of drug-likeness (QED) is 0.553. The number of fused-ring (bicyclic) bond motifs is 1. The van der Waals surface area contributed by atoms with Gasteiger partial charge in [-0.3, -0.25) is 4.57 Å². The molecule has 0 spiro atoms. The molecule has 4 rings (SSSR count). The van der Waals surface area contributed by atoms with Gasteiger partial charge in [-0.25, -0.2) is 9.18 Å². The van der Waals surface area contributed by atoms with E-state index in [0.717, 1.165) is 6.07 Å². The van der Waals surface area contributed by atoms with Crippen molar-refractivity contribution in [1.82, 2.24) is 14.8 Å². The third-order valence-corrected chi connectivity index (χ3v) is 3.83. The van der Waals surface area contributed by atoms with Gasteiger partial charge >= 0.3 is 12.2 Å². The van der Waals surface area contributed by atoms with Crippen LogP contribution in [0.2, 0.25) is 0 Å². The molecular weight excluding hydrogens is 351 g/mol. The molecule has 2 aromatic heterocycles. The van der Waals surface area contributed by atoms with Crippen molar-refractivity contribution < 1.29 is 22.0 Å². The van der Waals surface area contributed by atoms with Crippen LogP contribution in [0.1, 0.15) is 17.9 Å². The van der Waals surface area contributed by atoms with E-state index >= 15 is 0 Å². The Morgan fingerprint density at radius 2 is 1.88 bits per heavy atom. The van der Waals surface area contributed by atoms with Crippen molar-refractivity contribution in [2.45, 2.75) is 13.0 Å². The van der Waals surface area contributed by atoms with Crippen LogP contribution in [0.5, 0.6) is 0 Å². The van der Waals surface area contributed by atoms with E-state index < -0.39 is 23.9 Å².